The largest absolute Gasteiger partial charge is 0.330 e. The Labute approximate surface area is 103 Å². The van der Waals surface area contributed by atoms with E-state index in [0.29, 0.717) is 6.54 Å². The molecule has 1 unspecified atom stereocenters. The smallest absolute Gasteiger partial charge is 0.234 e. The van der Waals surface area contributed by atoms with Gasteiger partial charge in [-0.05, 0) is 50.4 Å². The fourth-order valence-electron chi connectivity index (χ4n) is 2.47. The molecule has 0 fully saturated rings. The molecule has 0 aromatic heterocycles. The molecule has 2 rings (SSSR count). The summed E-state index contributed by atoms with van der Waals surface area (Å²) in [7, 11) is 0. The molecule has 0 bridgehead atoms. The molecule has 3 nitrogen and oxygen atoms in total. The Kier molecular flexibility index (Phi) is 3.48. The predicted octanol–water partition coefficient (Wildman–Crippen LogP) is 2.05. The molecule has 1 aliphatic rings. The zero-order chi connectivity index (χ0) is 12.4. The van der Waals surface area contributed by atoms with E-state index in [0.717, 1.165) is 25.1 Å². The summed E-state index contributed by atoms with van der Waals surface area (Å²) in [4.78, 5) is 13.9. The van der Waals surface area contributed by atoms with Crippen LogP contribution in [0.2, 0.25) is 0 Å². The highest BCUT2D eigenvalue weighted by atomic mass is 16.2. The standard InChI is InChI=1S/C14H20N2O/c1-3-16-13-7-6-11(5-4-8-15)9-12(13)10(2)14(16)17/h6-7,9-10H,3-5,8,15H2,1-2H3. The molecule has 3 heteroatoms. The summed E-state index contributed by atoms with van der Waals surface area (Å²) >= 11 is 0. The van der Waals surface area contributed by atoms with Crippen LogP contribution >= 0.6 is 0 Å². The Hall–Kier alpha value is -1.35. The van der Waals surface area contributed by atoms with Crippen molar-refractivity contribution in [2.45, 2.75) is 32.6 Å². The molecular formula is C14H20N2O. The van der Waals surface area contributed by atoms with Crippen LogP contribution in [-0.4, -0.2) is 19.0 Å². The van der Waals surface area contributed by atoms with Crippen molar-refractivity contribution in [3.05, 3.63) is 29.3 Å². The number of benzene rings is 1. The van der Waals surface area contributed by atoms with Crippen molar-refractivity contribution >= 4 is 11.6 Å². The third kappa shape index (κ3) is 2.07. The molecule has 0 saturated carbocycles. The Bertz CT molecular complexity index is 428. The molecule has 17 heavy (non-hydrogen) atoms. The molecule has 0 radical (unpaired) electrons. The first-order chi connectivity index (χ1) is 8.19. The molecule has 1 amide bonds. The van der Waals surface area contributed by atoms with Crippen molar-refractivity contribution in [2.75, 3.05) is 18.0 Å². The van der Waals surface area contributed by atoms with Gasteiger partial charge in [-0.3, -0.25) is 4.79 Å². The fourth-order valence-corrected chi connectivity index (χ4v) is 2.47. The molecule has 0 spiro atoms. The summed E-state index contributed by atoms with van der Waals surface area (Å²) in [6.07, 6.45) is 2.00. The second kappa shape index (κ2) is 4.88. The average molecular weight is 232 g/mol. The minimum Gasteiger partial charge on any atom is -0.330 e. The molecule has 1 aromatic rings. The van der Waals surface area contributed by atoms with Crippen LogP contribution < -0.4 is 10.6 Å². The first-order valence-corrected chi connectivity index (χ1v) is 6.33. The second-order valence-electron chi connectivity index (χ2n) is 4.59. The SMILES string of the molecule is CCN1C(=O)C(C)c2cc(CCCN)ccc21. The number of hydrogen-bond donors (Lipinski definition) is 1. The molecule has 1 atom stereocenters. The minimum atomic E-state index is 0.00257. The zero-order valence-electron chi connectivity index (χ0n) is 10.6. The van der Waals surface area contributed by atoms with Crippen molar-refractivity contribution in [1.82, 2.24) is 0 Å². The summed E-state index contributed by atoms with van der Waals surface area (Å²) in [5.74, 6) is 0.223. The number of rotatable bonds is 4. The number of nitrogens with two attached hydrogens (primary N) is 1. The average Bonchev–Trinajstić information content (AvgIpc) is 2.59. The van der Waals surface area contributed by atoms with Gasteiger partial charge in [-0.25, -0.2) is 0 Å². The molecule has 0 aliphatic carbocycles. The van der Waals surface area contributed by atoms with Crippen LogP contribution in [0.15, 0.2) is 18.2 Å². The quantitative estimate of drug-likeness (QED) is 0.863. The van der Waals surface area contributed by atoms with Gasteiger partial charge in [-0.1, -0.05) is 12.1 Å². The van der Waals surface area contributed by atoms with Crippen molar-refractivity contribution in [1.29, 1.82) is 0 Å². The maximum absolute atomic E-state index is 12.0. The van der Waals surface area contributed by atoms with Crippen LogP contribution in [0.3, 0.4) is 0 Å². The highest BCUT2D eigenvalue weighted by Gasteiger charge is 2.32. The summed E-state index contributed by atoms with van der Waals surface area (Å²) < 4.78 is 0. The number of aryl methyl sites for hydroxylation is 1. The van der Waals surface area contributed by atoms with Gasteiger partial charge in [0.25, 0.3) is 0 Å². The van der Waals surface area contributed by atoms with Crippen LogP contribution in [0.4, 0.5) is 5.69 Å². The third-order valence-corrected chi connectivity index (χ3v) is 3.47. The van der Waals surface area contributed by atoms with Gasteiger partial charge in [0.1, 0.15) is 0 Å². The Morgan fingerprint density at radius 2 is 2.18 bits per heavy atom. The minimum absolute atomic E-state index is 0.00257. The van der Waals surface area contributed by atoms with Gasteiger partial charge in [-0.15, -0.1) is 0 Å². The normalized spacial score (nSPS) is 18.6. The maximum atomic E-state index is 12.0. The van der Waals surface area contributed by atoms with Gasteiger partial charge in [0.2, 0.25) is 5.91 Å². The van der Waals surface area contributed by atoms with Crippen LogP contribution in [0.5, 0.6) is 0 Å². The first-order valence-electron chi connectivity index (χ1n) is 6.33. The van der Waals surface area contributed by atoms with Gasteiger partial charge in [0, 0.05) is 12.2 Å². The molecule has 1 heterocycles. The highest BCUT2D eigenvalue weighted by Crippen LogP contribution is 2.37. The number of amides is 1. The lowest BCUT2D eigenvalue weighted by molar-refractivity contribution is -0.118. The highest BCUT2D eigenvalue weighted by molar-refractivity contribution is 6.04. The lowest BCUT2D eigenvalue weighted by Crippen LogP contribution is -2.27. The third-order valence-electron chi connectivity index (χ3n) is 3.47. The Morgan fingerprint density at radius 1 is 1.41 bits per heavy atom. The van der Waals surface area contributed by atoms with E-state index in [2.05, 4.69) is 18.2 Å². The number of fused-ring (bicyclic) bond motifs is 1. The van der Waals surface area contributed by atoms with E-state index in [4.69, 9.17) is 5.73 Å². The van der Waals surface area contributed by atoms with E-state index >= 15 is 0 Å². The van der Waals surface area contributed by atoms with E-state index in [-0.39, 0.29) is 11.8 Å². The lowest BCUT2D eigenvalue weighted by Gasteiger charge is -2.14. The second-order valence-corrected chi connectivity index (χ2v) is 4.59. The molecule has 0 saturated heterocycles. The number of carbonyl (C=O) groups is 1. The number of hydrogen-bond acceptors (Lipinski definition) is 2. The van der Waals surface area contributed by atoms with Crippen molar-refractivity contribution in [2.24, 2.45) is 5.73 Å². The summed E-state index contributed by atoms with van der Waals surface area (Å²) in [6, 6.07) is 6.36. The summed E-state index contributed by atoms with van der Waals surface area (Å²) in [5, 5.41) is 0. The first kappa shape index (κ1) is 12.1. The molecule has 1 aromatic carbocycles. The van der Waals surface area contributed by atoms with E-state index in [1.54, 1.807) is 0 Å². The number of nitrogens with zero attached hydrogens (tertiary/aromatic N) is 1. The van der Waals surface area contributed by atoms with Crippen LogP contribution in [0, 0.1) is 0 Å². The lowest BCUT2D eigenvalue weighted by atomic mass is 9.99. The van der Waals surface area contributed by atoms with E-state index in [9.17, 15) is 4.79 Å². The summed E-state index contributed by atoms with van der Waals surface area (Å²) in [5.41, 5.74) is 9.06. The zero-order valence-corrected chi connectivity index (χ0v) is 10.6. The van der Waals surface area contributed by atoms with E-state index < -0.39 is 0 Å². The van der Waals surface area contributed by atoms with Gasteiger partial charge in [-0.2, -0.15) is 0 Å². The number of carbonyl (C=O) groups excluding carboxylic acids is 1. The van der Waals surface area contributed by atoms with Gasteiger partial charge < -0.3 is 10.6 Å². The molecular weight excluding hydrogens is 212 g/mol. The van der Waals surface area contributed by atoms with E-state index in [1.807, 2.05) is 18.7 Å². The molecule has 92 valence electrons. The monoisotopic (exact) mass is 232 g/mol. The number of anilines is 1. The van der Waals surface area contributed by atoms with Gasteiger partial charge >= 0.3 is 0 Å². The van der Waals surface area contributed by atoms with Gasteiger partial charge in [0.15, 0.2) is 0 Å². The van der Waals surface area contributed by atoms with Crippen LogP contribution in [0.1, 0.15) is 37.3 Å². The van der Waals surface area contributed by atoms with Crippen molar-refractivity contribution in [3.63, 3.8) is 0 Å². The Balaban J connectivity index is 2.31. The van der Waals surface area contributed by atoms with Crippen molar-refractivity contribution in [3.8, 4) is 0 Å². The van der Waals surface area contributed by atoms with E-state index in [1.165, 1.54) is 11.1 Å². The fraction of sp³-hybridized carbons (Fsp3) is 0.500. The van der Waals surface area contributed by atoms with Crippen LogP contribution in [-0.2, 0) is 11.2 Å². The van der Waals surface area contributed by atoms with Gasteiger partial charge in [0.05, 0.1) is 5.92 Å². The van der Waals surface area contributed by atoms with Crippen LogP contribution in [0.25, 0.3) is 0 Å². The number of likely N-dealkylation sites (N-methyl/N-ethyl adjacent to an activating group) is 1. The van der Waals surface area contributed by atoms with Crippen molar-refractivity contribution < 1.29 is 4.79 Å². The maximum Gasteiger partial charge on any atom is 0.234 e. The topological polar surface area (TPSA) is 46.3 Å². The molecule has 1 aliphatic heterocycles. The predicted molar refractivity (Wildman–Crippen MR) is 70.3 cm³/mol. The Morgan fingerprint density at radius 3 is 2.82 bits per heavy atom. The summed E-state index contributed by atoms with van der Waals surface area (Å²) in [6.45, 7) is 5.47. The molecule has 2 N–H and O–H groups in total.